The maximum absolute atomic E-state index is 14.8. The van der Waals surface area contributed by atoms with E-state index in [0.717, 1.165) is 43.1 Å². The van der Waals surface area contributed by atoms with Gasteiger partial charge in [-0.05, 0) is 43.5 Å². The van der Waals surface area contributed by atoms with Gasteiger partial charge in [0.05, 0.1) is 16.8 Å². The van der Waals surface area contributed by atoms with Gasteiger partial charge in [-0.25, -0.2) is 17.2 Å². The third kappa shape index (κ3) is 3.95. The van der Waals surface area contributed by atoms with Crippen molar-refractivity contribution >= 4 is 26.6 Å². The van der Waals surface area contributed by atoms with Crippen LogP contribution in [0.2, 0.25) is 0 Å². The largest absolute Gasteiger partial charge is 0.311 e. The van der Waals surface area contributed by atoms with Crippen molar-refractivity contribution < 1.29 is 17.2 Å². The number of aryl methyl sites for hydroxylation is 2. The molecule has 2 aromatic carbocycles. The second kappa shape index (κ2) is 8.18. The van der Waals surface area contributed by atoms with Crippen molar-refractivity contribution in [3.63, 3.8) is 0 Å². The average Bonchev–Trinajstić information content (AvgIpc) is 3.02. The van der Waals surface area contributed by atoms with Gasteiger partial charge in [-0.1, -0.05) is 18.6 Å². The molecule has 0 saturated carbocycles. The highest BCUT2D eigenvalue weighted by Gasteiger charge is 2.24. The van der Waals surface area contributed by atoms with Crippen molar-refractivity contribution in [1.82, 2.24) is 19.7 Å². The Hall–Kier alpha value is -3.40. The highest BCUT2D eigenvalue weighted by molar-refractivity contribution is 7.93. The Labute approximate surface area is 189 Å². The second-order valence-electron chi connectivity index (χ2n) is 8.16. The lowest BCUT2D eigenvalue weighted by Gasteiger charge is -2.13. The van der Waals surface area contributed by atoms with E-state index in [1.54, 1.807) is 18.3 Å². The Morgan fingerprint density at radius 1 is 1.03 bits per heavy atom. The third-order valence-corrected chi connectivity index (χ3v) is 7.15. The fraction of sp³-hybridized carbons (Fsp3) is 0.261. The molecule has 33 heavy (non-hydrogen) atoms. The maximum Gasteiger partial charge on any atom is 0.264 e. The summed E-state index contributed by atoms with van der Waals surface area (Å²) in [6.07, 6.45) is 5.18. The fourth-order valence-corrected chi connectivity index (χ4v) is 5.38. The summed E-state index contributed by atoms with van der Waals surface area (Å²) in [6, 6.07) is 8.35. The predicted molar refractivity (Wildman–Crippen MR) is 120 cm³/mol. The van der Waals surface area contributed by atoms with E-state index in [1.165, 1.54) is 6.07 Å². The molecule has 0 amide bonds. The number of anilines is 1. The van der Waals surface area contributed by atoms with Gasteiger partial charge in [-0.2, -0.15) is 0 Å². The quantitative estimate of drug-likeness (QED) is 0.472. The van der Waals surface area contributed by atoms with Crippen molar-refractivity contribution in [3.05, 3.63) is 65.6 Å². The van der Waals surface area contributed by atoms with E-state index in [4.69, 9.17) is 0 Å². The van der Waals surface area contributed by atoms with Gasteiger partial charge in [0.2, 0.25) is 0 Å². The van der Waals surface area contributed by atoms with Gasteiger partial charge in [0, 0.05) is 30.6 Å². The fourth-order valence-electron chi connectivity index (χ4n) is 4.14. The minimum Gasteiger partial charge on any atom is -0.311 e. The van der Waals surface area contributed by atoms with Crippen LogP contribution in [0.3, 0.4) is 0 Å². The first-order valence-corrected chi connectivity index (χ1v) is 12.1. The lowest BCUT2D eigenvalue weighted by Crippen LogP contribution is -2.15. The van der Waals surface area contributed by atoms with Crippen LogP contribution in [-0.4, -0.2) is 28.2 Å². The smallest absolute Gasteiger partial charge is 0.264 e. The number of sulfonamides is 1. The summed E-state index contributed by atoms with van der Waals surface area (Å²) in [5.74, 6) is -0.866. The number of para-hydroxylation sites is 1. The van der Waals surface area contributed by atoms with Crippen LogP contribution in [0, 0.1) is 18.6 Å². The number of rotatable bonds is 4. The molecule has 0 unspecified atom stereocenters. The maximum atomic E-state index is 14.8. The standard InChI is InChI=1S/C23H21F2N5O2S/c1-14-10-15-6-5-7-20(22(15)26-13-14)33(31,32)29-19-11-16(17(24)12-18(19)25)23-28-27-21-8-3-2-4-9-30(21)23/h5-7,10-13,29H,2-4,8-9H2,1H3. The first kappa shape index (κ1) is 21.4. The first-order valence-electron chi connectivity index (χ1n) is 10.6. The highest BCUT2D eigenvalue weighted by Crippen LogP contribution is 2.31. The Bertz CT molecular complexity index is 1480. The number of hydrogen-bond donors (Lipinski definition) is 1. The summed E-state index contributed by atoms with van der Waals surface area (Å²) in [7, 11) is -4.21. The van der Waals surface area contributed by atoms with Crippen LogP contribution in [0.15, 0.2) is 47.5 Å². The number of benzene rings is 2. The Morgan fingerprint density at radius 3 is 2.73 bits per heavy atom. The van der Waals surface area contributed by atoms with Crippen molar-refractivity contribution in [1.29, 1.82) is 0 Å². The summed E-state index contributed by atoms with van der Waals surface area (Å²) >= 11 is 0. The number of aromatic nitrogens is 4. The molecule has 0 atom stereocenters. The summed E-state index contributed by atoms with van der Waals surface area (Å²) in [4.78, 5) is 4.15. The van der Waals surface area contributed by atoms with Gasteiger partial charge in [0.25, 0.3) is 10.0 Å². The van der Waals surface area contributed by atoms with E-state index >= 15 is 0 Å². The van der Waals surface area contributed by atoms with Crippen LogP contribution in [0.5, 0.6) is 0 Å². The molecule has 10 heteroatoms. The lowest BCUT2D eigenvalue weighted by atomic mass is 10.1. The topological polar surface area (TPSA) is 89.8 Å². The molecule has 1 aliphatic rings. The van der Waals surface area contributed by atoms with Crippen molar-refractivity contribution in [2.75, 3.05) is 4.72 Å². The summed E-state index contributed by atoms with van der Waals surface area (Å²) in [5, 5.41) is 8.91. The SMILES string of the molecule is Cc1cnc2c(S(=O)(=O)Nc3cc(-c4nnc5n4CCCCC5)c(F)cc3F)cccc2c1. The second-order valence-corrected chi connectivity index (χ2v) is 9.81. The number of fused-ring (bicyclic) bond motifs is 2. The minimum atomic E-state index is -4.21. The zero-order chi connectivity index (χ0) is 23.2. The highest BCUT2D eigenvalue weighted by atomic mass is 32.2. The van der Waals surface area contributed by atoms with Gasteiger partial charge >= 0.3 is 0 Å². The van der Waals surface area contributed by atoms with E-state index in [9.17, 15) is 17.2 Å². The lowest BCUT2D eigenvalue weighted by molar-refractivity contribution is 0.581. The summed E-state index contributed by atoms with van der Waals surface area (Å²) < 4.78 is 59.8. The molecule has 0 aliphatic carbocycles. The van der Waals surface area contributed by atoms with Crippen LogP contribution >= 0.6 is 0 Å². The molecule has 4 aromatic rings. The average molecular weight is 470 g/mol. The Kier molecular flexibility index (Phi) is 5.32. The van der Waals surface area contributed by atoms with Crippen LogP contribution in [0.25, 0.3) is 22.3 Å². The summed E-state index contributed by atoms with van der Waals surface area (Å²) in [5.41, 5.74) is 0.760. The van der Waals surface area contributed by atoms with Gasteiger partial charge in [-0.3, -0.25) is 9.71 Å². The van der Waals surface area contributed by atoms with Crippen LogP contribution in [-0.2, 0) is 23.0 Å². The molecule has 5 rings (SSSR count). The van der Waals surface area contributed by atoms with Gasteiger partial charge < -0.3 is 4.57 Å². The monoisotopic (exact) mass is 469 g/mol. The molecule has 3 heterocycles. The molecule has 0 saturated heterocycles. The molecule has 0 fully saturated rings. The number of halogens is 2. The van der Waals surface area contributed by atoms with E-state index in [-0.39, 0.29) is 27.5 Å². The molecule has 0 radical (unpaired) electrons. The molecule has 0 spiro atoms. The Morgan fingerprint density at radius 2 is 1.88 bits per heavy atom. The number of nitrogens with one attached hydrogen (secondary N) is 1. The molecular weight excluding hydrogens is 448 g/mol. The molecule has 1 N–H and O–H groups in total. The normalized spacial score (nSPS) is 14.2. The number of nitrogens with zero attached hydrogens (tertiary/aromatic N) is 4. The van der Waals surface area contributed by atoms with E-state index in [1.807, 2.05) is 17.6 Å². The van der Waals surface area contributed by atoms with E-state index in [2.05, 4.69) is 19.9 Å². The Balaban J connectivity index is 1.57. The molecule has 2 aromatic heterocycles. The minimum absolute atomic E-state index is 0.0126. The zero-order valence-corrected chi connectivity index (χ0v) is 18.7. The van der Waals surface area contributed by atoms with Crippen molar-refractivity contribution in [2.24, 2.45) is 0 Å². The molecule has 1 aliphatic heterocycles. The third-order valence-electron chi connectivity index (χ3n) is 5.75. The van der Waals surface area contributed by atoms with Crippen molar-refractivity contribution in [2.45, 2.75) is 44.0 Å². The van der Waals surface area contributed by atoms with Gasteiger partial charge in [0.15, 0.2) is 5.82 Å². The molecule has 0 bridgehead atoms. The van der Waals surface area contributed by atoms with Gasteiger partial charge in [-0.15, -0.1) is 10.2 Å². The van der Waals surface area contributed by atoms with Crippen LogP contribution in [0.4, 0.5) is 14.5 Å². The van der Waals surface area contributed by atoms with E-state index < -0.39 is 21.7 Å². The summed E-state index contributed by atoms with van der Waals surface area (Å²) in [6.45, 7) is 2.48. The zero-order valence-electron chi connectivity index (χ0n) is 17.8. The molecule has 7 nitrogen and oxygen atoms in total. The molecule has 170 valence electrons. The van der Waals surface area contributed by atoms with Crippen molar-refractivity contribution in [3.8, 4) is 11.4 Å². The van der Waals surface area contributed by atoms with Gasteiger partial charge in [0.1, 0.15) is 22.4 Å². The molecular formula is C23H21F2N5O2S. The van der Waals surface area contributed by atoms with E-state index in [0.29, 0.717) is 18.0 Å². The predicted octanol–water partition coefficient (Wildman–Crippen LogP) is 4.61. The first-order chi connectivity index (χ1) is 15.8. The van der Waals surface area contributed by atoms with Crippen LogP contribution < -0.4 is 4.72 Å². The number of pyridine rings is 1. The van der Waals surface area contributed by atoms with Crippen LogP contribution in [0.1, 0.15) is 30.7 Å². The number of hydrogen-bond acceptors (Lipinski definition) is 5.